The number of benzene rings is 1. The Bertz CT molecular complexity index is 758. The van der Waals surface area contributed by atoms with Gasteiger partial charge in [0, 0.05) is 32.4 Å². The molecule has 0 saturated heterocycles. The van der Waals surface area contributed by atoms with Crippen LogP contribution < -0.4 is 4.72 Å². The maximum atomic E-state index is 11.7. The summed E-state index contributed by atoms with van der Waals surface area (Å²) in [4.78, 5) is 2.37. The molecular weight excluding hydrogens is 324 g/mol. The Labute approximate surface area is 143 Å². The SMILES string of the molecule is CCS(=O)(=O)NC[C@H]1CN(CCc2ccccc2)Cc2ccnn21. The first-order chi connectivity index (χ1) is 11.6. The summed E-state index contributed by atoms with van der Waals surface area (Å²) in [6, 6.07) is 12.5. The van der Waals surface area contributed by atoms with Gasteiger partial charge in [-0.3, -0.25) is 9.58 Å². The van der Waals surface area contributed by atoms with Gasteiger partial charge in [0.2, 0.25) is 10.0 Å². The summed E-state index contributed by atoms with van der Waals surface area (Å²) < 4.78 is 28.1. The molecule has 7 heteroatoms. The second kappa shape index (κ2) is 7.46. The molecule has 1 aliphatic rings. The quantitative estimate of drug-likeness (QED) is 0.822. The minimum atomic E-state index is -3.19. The molecule has 0 aliphatic carbocycles. The van der Waals surface area contributed by atoms with Gasteiger partial charge in [0.25, 0.3) is 0 Å². The summed E-state index contributed by atoms with van der Waals surface area (Å²) in [7, 11) is -3.19. The van der Waals surface area contributed by atoms with E-state index in [1.807, 2.05) is 16.8 Å². The molecule has 0 bridgehead atoms. The van der Waals surface area contributed by atoms with Crippen LogP contribution in [0.15, 0.2) is 42.6 Å². The Kier molecular flexibility index (Phi) is 5.33. The standard InChI is InChI=1S/C17H24N4O2S/c1-2-24(22,23)19-12-17-14-20(13-16-8-10-18-21(16)17)11-9-15-6-4-3-5-7-15/h3-8,10,17,19H,2,9,11-14H2,1H3/t17-/m0/s1. The Morgan fingerprint density at radius 1 is 1.25 bits per heavy atom. The topological polar surface area (TPSA) is 67.2 Å². The van der Waals surface area contributed by atoms with Crippen LogP contribution >= 0.6 is 0 Å². The summed E-state index contributed by atoms with van der Waals surface area (Å²) in [5.41, 5.74) is 2.45. The number of aromatic nitrogens is 2. The first-order valence-corrected chi connectivity index (χ1v) is 9.98. The third kappa shape index (κ3) is 4.23. The van der Waals surface area contributed by atoms with E-state index in [4.69, 9.17) is 0 Å². The van der Waals surface area contributed by atoms with E-state index in [1.165, 1.54) is 5.56 Å². The van der Waals surface area contributed by atoms with Gasteiger partial charge in [0.1, 0.15) is 0 Å². The van der Waals surface area contributed by atoms with Crippen LogP contribution in [0.3, 0.4) is 0 Å². The van der Waals surface area contributed by atoms with Crippen LogP contribution in [0.1, 0.15) is 24.2 Å². The summed E-state index contributed by atoms with van der Waals surface area (Å²) in [5.74, 6) is 0.101. The number of fused-ring (bicyclic) bond motifs is 1. The van der Waals surface area contributed by atoms with Crippen molar-refractivity contribution in [2.45, 2.75) is 25.9 Å². The monoisotopic (exact) mass is 348 g/mol. The molecule has 130 valence electrons. The van der Waals surface area contributed by atoms with Gasteiger partial charge in [-0.05, 0) is 25.0 Å². The molecule has 2 aromatic rings. The summed E-state index contributed by atoms with van der Waals surface area (Å²) in [5, 5.41) is 4.37. The van der Waals surface area contributed by atoms with Gasteiger partial charge in [-0.1, -0.05) is 30.3 Å². The molecule has 0 unspecified atom stereocenters. The van der Waals surface area contributed by atoms with Crippen molar-refractivity contribution in [2.75, 3.05) is 25.4 Å². The first-order valence-electron chi connectivity index (χ1n) is 8.33. The molecule has 3 rings (SSSR count). The number of hydrogen-bond acceptors (Lipinski definition) is 4. The molecule has 1 aromatic heterocycles. The predicted molar refractivity (Wildman–Crippen MR) is 94.2 cm³/mol. The average Bonchev–Trinajstić information content (AvgIpc) is 3.07. The molecule has 1 aliphatic heterocycles. The lowest BCUT2D eigenvalue weighted by molar-refractivity contribution is 0.177. The fraction of sp³-hybridized carbons (Fsp3) is 0.471. The third-order valence-corrected chi connectivity index (χ3v) is 5.80. The van der Waals surface area contributed by atoms with Crippen molar-refractivity contribution in [1.82, 2.24) is 19.4 Å². The van der Waals surface area contributed by atoms with Crippen LogP contribution in [0.2, 0.25) is 0 Å². The Morgan fingerprint density at radius 2 is 2.04 bits per heavy atom. The van der Waals surface area contributed by atoms with Crippen LogP contribution in [-0.4, -0.2) is 48.5 Å². The smallest absolute Gasteiger partial charge is 0.211 e. The predicted octanol–water partition coefficient (Wildman–Crippen LogP) is 1.42. The normalized spacial score (nSPS) is 18.5. The lowest BCUT2D eigenvalue weighted by atomic mass is 10.1. The molecule has 0 amide bonds. The summed E-state index contributed by atoms with van der Waals surface area (Å²) in [6.45, 7) is 4.63. The fourth-order valence-electron chi connectivity index (χ4n) is 3.04. The summed E-state index contributed by atoms with van der Waals surface area (Å²) in [6.07, 6.45) is 2.78. The number of nitrogens with zero attached hydrogens (tertiary/aromatic N) is 3. The lowest BCUT2D eigenvalue weighted by Crippen LogP contribution is -2.43. The zero-order valence-electron chi connectivity index (χ0n) is 13.9. The van der Waals surface area contributed by atoms with E-state index in [-0.39, 0.29) is 11.8 Å². The number of nitrogens with one attached hydrogen (secondary N) is 1. The summed E-state index contributed by atoms with van der Waals surface area (Å²) >= 11 is 0. The van der Waals surface area contributed by atoms with Crippen molar-refractivity contribution < 1.29 is 8.42 Å². The van der Waals surface area contributed by atoms with E-state index in [9.17, 15) is 8.42 Å². The molecular formula is C17H24N4O2S. The number of rotatable bonds is 7. The van der Waals surface area contributed by atoms with Crippen molar-refractivity contribution in [3.05, 3.63) is 53.9 Å². The highest BCUT2D eigenvalue weighted by molar-refractivity contribution is 7.89. The first kappa shape index (κ1) is 17.1. The van der Waals surface area contributed by atoms with Crippen LogP contribution in [0, 0.1) is 0 Å². The van der Waals surface area contributed by atoms with Crippen LogP contribution in [-0.2, 0) is 23.0 Å². The van der Waals surface area contributed by atoms with Crippen LogP contribution in [0.4, 0.5) is 0 Å². The maximum Gasteiger partial charge on any atom is 0.211 e. The van der Waals surface area contributed by atoms with E-state index in [0.29, 0.717) is 6.54 Å². The highest BCUT2D eigenvalue weighted by Gasteiger charge is 2.26. The maximum absolute atomic E-state index is 11.7. The Hall–Kier alpha value is -1.70. The second-order valence-electron chi connectivity index (χ2n) is 6.14. The van der Waals surface area contributed by atoms with Gasteiger partial charge in [-0.2, -0.15) is 5.10 Å². The second-order valence-corrected chi connectivity index (χ2v) is 8.24. The lowest BCUT2D eigenvalue weighted by Gasteiger charge is -2.34. The van der Waals surface area contributed by atoms with E-state index >= 15 is 0 Å². The van der Waals surface area contributed by atoms with Crippen molar-refractivity contribution in [2.24, 2.45) is 0 Å². The zero-order valence-corrected chi connectivity index (χ0v) is 14.7. The molecule has 2 heterocycles. The van der Waals surface area contributed by atoms with E-state index in [1.54, 1.807) is 13.1 Å². The third-order valence-electron chi connectivity index (χ3n) is 4.43. The molecule has 0 spiro atoms. The molecule has 1 aromatic carbocycles. The highest BCUT2D eigenvalue weighted by Crippen LogP contribution is 2.20. The van der Waals surface area contributed by atoms with Crippen molar-refractivity contribution >= 4 is 10.0 Å². The van der Waals surface area contributed by atoms with Gasteiger partial charge < -0.3 is 0 Å². The largest absolute Gasteiger partial charge is 0.295 e. The van der Waals surface area contributed by atoms with Gasteiger partial charge in [-0.15, -0.1) is 0 Å². The van der Waals surface area contributed by atoms with Gasteiger partial charge in [0.05, 0.1) is 17.5 Å². The molecule has 0 fully saturated rings. The van der Waals surface area contributed by atoms with Gasteiger partial charge >= 0.3 is 0 Å². The molecule has 1 N–H and O–H groups in total. The minimum Gasteiger partial charge on any atom is -0.295 e. The Morgan fingerprint density at radius 3 is 2.79 bits per heavy atom. The van der Waals surface area contributed by atoms with E-state index in [2.05, 4.69) is 39.0 Å². The number of sulfonamides is 1. The molecule has 0 saturated carbocycles. The molecule has 6 nitrogen and oxygen atoms in total. The van der Waals surface area contributed by atoms with E-state index < -0.39 is 10.0 Å². The van der Waals surface area contributed by atoms with Crippen molar-refractivity contribution in [1.29, 1.82) is 0 Å². The van der Waals surface area contributed by atoms with E-state index in [0.717, 1.165) is 31.7 Å². The average molecular weight is 348 g/mol. The minimum absolute atomic E-state index is 0.0286. The van der Waals surface area contributed by atoms with Gasteiger partial charge in [-0.25, -0.2) is 13.1 Å². The highest BCUT2D eigenvalue weighted by atomic mass is 32.2. The Balaban J connectivity index is 1.64. The van der Waals surface area contributed by atoms with Gasteiger partial charge in [0.15, 0.2) is 0 Å². The van der Waals surface area contributed by atoms with Crippen LogP contribution in [0.25, 0.3) is 0 Å². The molecule has 1 atom stereocenters. The fourth-order valence-corrected chi connectivity index (χ4v) is 3.69. The zero-order chi connectivity index (χ0) is 17.0. The van der Waals surface area contributed by atoms with Crippen molar-refractivity contribution in [3.63, 3.8) is 0 Å². The molecule has 24 heavy (non-hydrogen) atoms. The molecule has 0 radical (unpaired) electrons. The van der Waals surface area contributed by atoms with Crippen molar-refractivity contribution in [3.8, 4) is 0 Å². The number of hydrogen-bond donors (Lipinski definition) is 1. The van der Waals surface area contributed by atoms with Crippen LogP contribution in [0.5, 0.6) is 0 Å².